The van der Waals surface area contributed by atoms with E-state index >= 15 is 0 Å². The molecule has 0 bridgehead atoms. The second-order valence-corrected chi connectivity index (χ2v) is 7.95. The first kappa shape index (κ1) is 22.9. The van der Waals surface area contributed by atoms with Crippen molar-refractivity contribution in [2.75, 3.05) is 14.2 Å². The van der Waals surface area contributed by atoms with E-state index in [1.165, 1.54) is 11.3 Å². The Hall–Kier alpha value is -4.25. The summed E-state index contributed by atoms with van der Waals surface area (Å²) in [6, 6.07) is 11.9. The maximum atomic E-state index is 12.7. The fourth-order valence-corrected chi connectivity index (χ4v) is 4.12. The van der Waals surface area contributed by atoms with Gasteiger partial charge < -0.3 is 19.9 Å². The number of ether oxygens (including phenoxy) is 3. The normalized spacial score (nSPS) is 10.8. The number of nitrogens with two attached hydrogens (primary N) is 1. The van der Waals surface area contributed by atoms with E-state index < -0.39 is 24.0 Å². The van der Waals surface area contributed by atoms with Crippen molar-refractivity contribution in [2.45, 2.75) is 13.2 Å². The Kier molecular flexibility index (Phi) is 6.55. The van der Waals surface area contributed by atoms with E-state index in [0.29, 0.717) is 27.6 Å². The third-order valence-corrected chi connectivity index (χ3v) is 5.88. The first-order chi connectivity index (χ1) is 16.4. The van der Waals surface area contributed by atoms with Crippen molar-refractivity contribution in [2.24, 2.45) is 5.73 Å². The molecule has 2 aromatic heterocycles. The quantitative estimate of drug-likeness (QED) is 0.380. The lowest BCUT2D eigenvalue weighted by atomic mass is 10.1. The van der Waals surface area contributed by atoms with E-state index in [1.807, 2.05) is 12.1 Å². The highest BCUT2D eigenvalue weighted by molar-refractivity contribution is 7.13. The zero-order chi connectivity index (χ0) is 24.2. The summed E-state index contributed by atoms with van der Waals surface area (Å²) in [7, 11) is 3.11. The Morgan fingerprint density at radius 1 is 1.06 bits per heavy atom. The summed E-state index contributed by atoms with van der Waals surface area (Å²) in [5.41, 5.74) is 6.14. The first-order valence-corrected chi connectivity index (χ1v) is 10.9. The van der Waals surface area contributed by atoms with Gasteiger partial charge in [-0.05, 0) is 24.3 Å². The SMILES string of the molecule is COc1ccc(-c2nc(COC(=O)Cn3nc(C(N)=O)c4ccccc4c3=O)cs2)cc1OC. The van der Waals surface area contributed by atoms with Crippen molar-refractivity contribution >= 4 is 34.0 Å². The Morgan fingerprint density at radius 3 is 2.50 bits per heavy atom. The lowest BCUT2D eigenvalue weighted by Gasteiger charge is -2.09. The smallest absolute Gasteiger partial charge is 0.328 e. The summed E-state index contributed by atoms with van der Waals surface area (Å²) in [4.78, 5) is 41.3. The largest absolute Gasteiger partial charge is 0.493 e. The average molecular weight is 481 g/mol. The third kappa shape index (κ3) is 4.59. The number of fused-ring (bicyclic) bond motifs is 1. The van der Waals surface area contributed by atoms with Crippen LogP contribution in [0.25, 0.3) is 21.3 Å². The van der Waals surface area contributed by atoms with E-state index in [9.17, 15) is 14.4 Å². The number of nitrogens with zero attached hydrogens (tertiary/aromatic N) is 3. The van der Waals surface area contributed by atoms with Crippen LogP contribution in [0.4, 0.5) is 0 Å². The highest BCUT2D eigenvalue weighted by Gasteiger charge is 2.17. The zero-order valence-electron chi connectivity index (χ0n) is 18.3. The molecule has 2 heterocycles. The van der Waals surface area contributed by atoms with Gasteiger partial charge in [0.2, 0.25) is 0 Å². The summed E-state index contributed by atoms with van der Waals surface area (Å²) in [5.74, 6) is -0.328. The van der Waals surface area contributed by atoms with Gasteiger partial charge in [-0.2, -0.15) is 5.10 Å². The van der Waals surface area contributed by atoms with Crippen molar-refractivity contribution in [1.82, 2.24) is 14.8 Å². The minimum Gasteiger partial charge on any atom is -0.493 e. The monoisotopic (exact) mass is 480 g/mol. The zero-order valence-corrected chi connectivity index (χ0v) is 19.1. The summed E-state index contributed by atoms with van der Waals surface area (Å²) >= 11 is 1.38. The Balaban J connectivity index is 1.47. The molecule has 1 amide bonds. The van der Waals surface area contributed by atoms with E-state index in [1.54, 1.807) is 49.9 Å². The van der Waals surface area contributed by atoms with E-state index in [0.717, 1.165) is 10.2 Å². The number of esters is 1. The predicted octanol–water partition coefficient (Wildman–Crippen LogP) is 2.38. The van der Waals surface area contributed by atoms with Gasteiger partial charge in [-0.3, -0.25) is 14.4 Å². The van der Waals surface area contributed by atoms with Crippen LogP contribution in [0.5, 0.6) is 11.5 Å². The van der Waals surface area contributed by atoms with Crippen LogP contribution in [0.2, 0.25) is 0 Å². The van der Waals surface area contributed by atoms with Crippen molar-refractivity contribution in [3.63, 3.8) is 0 Å². The number of benzene rings is 2. The van der Waals surface area contributed by atoms with Crippen molar-refractivity contribution < 1.29 is 23.8 Å². The highest BCUT2D eigenvalue weighted by atomic mass is 32.1. The van der Waals surface area contributed by atoms with Crippen molar-refractivity contribution in [3.05, 3.63) is 69.6 Å². The molecular formula is C23H20N4O6S. The molecule has 0 aliphatic carbocycles. The fourth-order valence-electron chi connectivity index (χ4n) is 3.32. The number of rotatable bonds is 8. The molecule has 0 spiro atoms. The molecule has 0 aliphatic rings. The second-order valence-electron chi connectivity index (χ2n) is 7.10. The molecule has 0 saturated heterocycles. The number of amides is 1. The molecule has 34 heavy (non-hydrogen) atoms. The molecule has 0 unspecified atom stereocenters. The van der Waals surface area contributed by atoms with Crippen LogP contribution in [0.3, 0.4) is 0 Å². The molecule has 11 heteroatoms. The van der Waals surface area contributed by atoms with Gasteiger partial charge in [-0.1, -0.05) is 18.2 Å². The molecular weight excluding hydrogens is 460 g/mol. The highest BCUT2D eigenvalue weighted by Crippen LogP contribution is 2.33. The van der Waals surface area contributed by atoms with Crippen LogP contribution >= 0.6 is 11.3 Å². The molecule has 0 fully saturated rings. The van der Waals surface area contributed by atoms with Gasteiger partial charge in [0.05, 0.1) is 25.3 Å². The molecule has 4 aromatic rings. The number of aromatic nitrogens is 3. The van der Waals surface area contributed by atoms with E-state index in [-0.39, 0.29) is 17.7 Å². The van der Waals surface area contributed by atoms with Crippen LogP contribution in [0.15, 0.2) is 52.6 Å². The number of hydrogen-bond acceptors (Lipinski definition) is 9. The number of primary amides is 1. The lowest BCUT2D eigenvalue weighted by Crippen LogP contribution is -2.31. The third-order valence-electron chi connectivity index (χ3n) is 4.94. The molecule has 0 radical (unpaired) electrons. The molecule has 0 atom stereocenters. The average Bonchev–Trinajstić information content (AvgIpc) is 3.33. The Morgan fingerprint density at radius 2 is 1.79 bits per heavy atom. The molecule has 0 saturated carbocycles. The summed E-state index contributed by atoms with van der Waals surface area (Å²) in [5, 5.41) is 7.01. The number of thiazole rings is 1. The minimum absolute atomic E-state index is 0.0897. The van der Waals surface area contributed by atoms with Crippen molar-refractivity contribution in [3.8, 4) is 22.1 Å². The summed E-state index contributed by atoms with van der Waals surface area (Å²) < 4.78 is 16.7. The number of carbonyl (C=O) groups excluding carboxylic acids is 2. The standard InChI is InChI=1S/C23H20N4O6S/c1-31-17-8-7-13(9-18(17)32-2)22-25-14(12-34-22)11-33-19(28)10-27-23(30)16-6-4-3-5-15(16)20(26-27)21(24)29/h3-9,12H,10-11H2,1-2H3,(H2,24,29). The first-order valence-electron chi connectivity index (χ1n) is 10.0. The number of methoxy groups -OCH3 is 2. The number of carbonyl (C=O) groups is 2. The molecule has 174 valence electrons. The van der Waals surface area contributed by atoms with Crippen LogP contribution in [0.1, 0.15) is 16.2 Å². The topological polar surface area (TPSA) is 136 Å². The van der Waals surface area contributed by atoms with Gasteiger partial charge in [0, 0.05) is 16.3 Å². The van der Waals surface area contributed by atoms with E-state index in [2.05, 4.69) is 10.1 Å². The van der Waals surface area contributed by atoms with Gasteiger partial charge in [0.1, 0.15) is 18.2 Å². The van der Waals surface area contributed by atoms with Gasteiger partial charge in [-0.25, -0.2) is 9.67 Å². The maximum absolute atomic E-state index is 12.7. The van der Waals surface area contributed by atoms with Gasteiger partial charge in [0.15, 0.2) is 17.2 Å². The maximum Gasteiger partial charge on any atom is 0.328 e. The van der Waals surface area contributed by atoms with Crippen LogP contribution < -0.4 is 20.8 Å². The molecule has 2 aromatic carbocycles. The summed E-state index contributed by atoms with van der Waals surface area (Å²) in [6.45, 7) is -0.565. The lowest BCUT2D eigenvalue weighted by molar-refractivity contribution is -0.146. The van der Waals surface area contributed by atoms with Crippen LogP contribution in [0, 0.1) is 0 Å². The van der Waals surface area contributed by atoms with Crippen LogP contribution in [-0.4, -0.2) is 40.9 Å². The Labute approximate surface area is 197 Å². The van der Waals surface area contributed by atoms with E-state index in [4.69, 9.17) is 19.9 Å². The number of hydrogen-bond donors (Lipinski definition) is 1. The van der Waals surface area contributed by atoms with Crippen LogP contribution in [-0.2, 0) is 22.7 Å². The fraction of sp³-hybridized carbons (Fsp3) is 0.174. The molecule has 0 aliphatic heterocycles. The minimum atomic E-state index is -0.802. The molecule has 2 N–H and O–H groups in total. The van der Waals surface area contributed by atoms with Gasteiger partial charge in [-0.15, -0.1) is 11.3 Å². The summed E-state index contributed by atoms with van der Waals surface area (Å²) in [6.07, 6.45) is 0. The van der Waals surface area contributed by atoms with Gasteiger partial charge in [0.25, 0.3) is 11.5 Å². The Bertz CT molecular complexity index is 1450. The molecule has 10 nitrogen and oxygen atoms in total. The predicted molar refractivity (Wildman–Crippen MR) is 125 cm³/mol. The van der Waals surface area contributed by atoms with Gasteiger partial charge >= 0.3 is 5.97 Å². The molecule has 4 rings (SSSR count). The second kappa shape index (κ2) is 9.71. The van der Waals surface area contributed by atoms with Crippen molar-refractivity contribution in [1.29, 1.82) is 0 Å².